The van der Waals surface area contributed by atoms with E-state index in [1.165, 1.54) is 12.1 Å². The van der Waals surface area contributed by atoms with Crippen molar-refractivity contribution >= 4 is 17.4 Å². The van der Waals surface area contributed by atoms with Gasteiger partial charge in [0.15, 0.2) is 0 Å². The highest BCUT2D eigenvalue weighted by Gasteiger charge is 2.33. The van der Waals surface area contributed by atoms with Crippen LogP contribution in [0.25, 0.3) is 0 Å². The fourth-order valence-electron chi connectivity index (χ4n) is 1.59. The fourth-order valence-corrected chi connectivity index (χ4v) is 2.08. The van der Waals surface area contributed by atoms with Gasteiger partial charge in [0.2, 0.25) is 0 Å². The Morgan fingerprint density at radius 3 is 2.63 bits per heavy atom. The normalized spacial score (nSPS) is 11.1. The average Bonchev–Trinajstić information content (AvgIpc) is 2.37. The van der Waals surface area contributed by atoms with E-state index in [-0.39, 0.29) is 5.56 Å². The first-order chi connectivity index (χ1) is 8.99. The Labute approximate surface area is 115 Å². The van der Waals surface area contributed by atoms with Crippen molar-refractivity contribution in [3.63, 3.8) is 0 Å². The minimum Gasteiger partial charge on any atom is -0.385 e. The van der Waals surface area contributed by atoms with E-state index >= 15 is 0 Å². The summed E-state index contributed by atoms with van der Waals surface area (Å²) in [5.74, 6) is 1.04. The van der Waals surface area contributed by atoms with Gasteiger partial charge >= 0.3 is 6.18 Å². The molecule has 0 aliphatic rings. The standard InChI is InChI=1S/C13H15F3N2S/c1-19-7-3-2-6-18-11-5-4-10(9-17)12(8-11)13(14,15)16/h4-5,8,18H,2-3,6-7H2,1H3. The zero-order valence-electron chi connectivity index (χ0n) is 10.5. The number of rotatable bonds is 6. The molecule has 0 saturated heterocycles. The van der Waals surface area contributed by atoms with Crippen LogP contribution >= 0.6 is 11.8 Å². The van der Waals surface area contributed by atoms with Crippen LogP contribution in [0.1, 0.15) is 24.0 Å². The SMILES string of the molecule is CSCCCCNc1ccc(C#N)c(C(F)(F)F)c1. The summed E-state index contributed by atoms with van der Waals surface area (Å²) in [6.07, 6.45) is -0.552. The Balaban J connectivity index is 2.69. The van der Waals surface area contributed by atoms with Crippen LogP contribution in [0.15, 0.2) is 18.2 Å². The Hall–Kier alpha value is -1.35. The molecule has 1 rings (SSSR count). The number of halogens is 3. The number of thioether (sulfide) groups is 1. The first kappa shape index (κ1) is 15.7. The highest BCUT2D eigenvalue weighted by Crippen LogP contribution is 2.33. The predicted octanol–water partition coefficient (Wildman–Crippen LogP) is 4.13. The van der Waals surface area contributed by atoms with Crippen molar-refractivity contribution in [3.8, 4) is 6.07 Å². The fraction of sp³-hybridized carbons (Fsp3) is 0.462. The topological polar surface area (TPSA) is 35.8 Å². The number of unbranched alkanes of at least 4 members (excludes halogenated alkanes) is 1. The van der Waals surface area contributed by atoms with Gasteiger partial charge in [-0.15, -0.1) is 0 Å². The molecule has 0 aromatic heterocycles. The second-order valence-corrected chi connectivity index (χ2v) is 4.98. The van der Waals surface area contributed by atoms with Crippen molar-refractivity contribution in [3.05, 3.63) is 29.3 Å². The van der Waals surface area contributed by atoms with Gasteiger partial charge in [0.05, 0.1) is 17.2 Å². The van der Waals surface area contributed by atoms with Crippen molar-refractivity contribution in [1.29, 1.82) is 5.26 Å². The van der Waals surface area contributed by atoms with Crippen molar-refractivity contribution in [2.24, 2.45) is 0 Å². The zero-order chi connectivity index (χ0) is 14.3. The molecule has 0 fully saturated rings. The van der Waals surface area contributed by atoms with E-state index in [0.717, 1.165) is 24.7 Å². The number of anilines is 1. The highest BCUT2D eigenvalue weighted by atomic mass is 32.2. The van der Waals surface area contributed by atoms with Gasteiger partial charge in [0.25, 0.3) is 0 Å². The molecule has 0 aliphatic heterocycles. The molecule has 6 heteroatoms. The van der Waals surface area contributed by atoms with Crippen LogP contribution < -0.4 is 5.32 Å². The van der Waals surface area contributed by atoms with E-state index in [4.69, 9.17) is 5.26 Å². The van der Waals surface area contributed by atoms with Crippen LogP contribution in [0.3, 0.4) is 0 Å². The van der Waals surface area contributed by atoms with E-state index in [0.29, 0.717) is 12.2 Å². The highest BCUT2D eigenvalue weighted by molar-refractivity contribution is 7.98. The quantitative estimate of drug-likeness (QED) is 0.799. The molecular weight excluding hydrogens is 273 g/mol. The van der Waals surface area contributed by atoms with Gasteiger partial charge in [-0.2, -0.15) is 30.2 Å². The zero-order valence-corrected chi connectivity index (χ0v) is 11.4. The van der Waals surface area contributed by atoms with E-state index in [1.54, 1.807) is 17.8 Å². The van der Waals surface area contributed by atoms with E-state index in [2.05, 4.69) is 5.32 Å². The maximum atomic E-state index is 12.7. The van der Waals surface area contributed by atoms with Crippen molar-refractivity contribution in [2.75, 3.05) is 23.9 Å². The molecule has 1 N–H and O–H groups in total. The Kier molecular flexibility index (Phi) is 6.03. The van der Waals surface area contributed by atoms with E-state index < -0.39 is 11.7 Å². The second-order valence-electron chi connectivity index (χ2n) is 4.00. The van der Waals surface area contributed by atoms with Gasteiger partial charge in [0, 0.05) is 12.2 Å². The molecule has 19 heavy (non-hydrogen) atoms. The summed E-state index contributed by atoms with van der Waals surface area (Å²) >= 11 is 1.75. The number of nitriles is 1. The summed E-state index contributed by atoms with van der Waals surface area (Å²) in [6.45, 7) is 0.629. The molecule has 0 atom stereocenters. The van der Waals surface area contributed by atoms with Crippen LogP contribution in [-0.4, -0.2) is 18.6 Å². The molecule has 2 nitrogen and oxygen atoms in total. The van der Waals surface area contributed by atoms with E-state index in [9.17, 15) is 13.2 Å². The molecule has 104 valence electrons. The lowest BCUT2D eigenvalue weighted by molar-refractivity contribution is -0.137. The van der Waals surface area contributed by atoms with Crippen molar-refractivity contribution < 1.29 is 13.2 Å². The molecule has 0 radical (unpaired) electrons. The Morgan fingerprint density at radius 2 is 2.05 bits per heavy atom. The van der Waals surface area contributed by atoms with Crippen LogP contribution in [0, 0.1) is 11.3 Å². The molecule has 0 saturated carbocycles. The average molecular weight is 288 g/mol. The molecule has 0 heterocycles. The lowest BCUT2D eigenvalue weighted by Gasteiger charge is -2.12. The number of hydrogen-bond acceptors (Lipinski definition) is 3. The smallest absolute Gasteiger partial charge is 0.385 e. The summed E-state index contributed by atoms with van der Waals surface area (Å²) in [7, 11) is 0. The number of hydrogen-bond donors (Lipinski definition) is 1. The molecule has 0 amide bonds. The van der Waals surface area contributed by atoms with Crippen molar-refractivity contribution in [1.82, 2.24) is 0 Å². The summed E-state index contributed by atoms with van der Waals surface area (Å²) in [4.78, 5) is 0. The van der Waals surface area contributed by atoms with Gasteiger partial charge in [-0.3, -0.25) is 0 Å². The number of benzene rings is 1. The first-order valence-corrected chi connectivity index (χ1v) is 7.22. The third kappa shape index (κ3) is 5.03. The lowest BCUT2D eigenvalue weighted by atomic mass is 10.1. The predicted molar refractivity (Wildman–Crippen MR) is 72.3 cm³/mol. The van der Waals surface area contributed by atoms with Gasteiger partial charge in [-0.1, -0.05) is 0 Å². The largest absolute Gasteiger partial charge is 0.417 e. The Morgan fingerprint density at radius 1 is 1.32 bits per heavy atom. The first-order valence-electron chi connectivity index (χ1n) is 5.83. The van der Waals surface area contributed by atoms with Gasteiger partial charge in [-0.25, -0.2) is 0 Å². The molecule has 1 aromatic rings. The molecule has 0 spiro atoms. The summed E-state index contributed by atoms with van der Waals surface area (Å²) < 4.78 is 38.2. The molecule has 0 aliphatic carbocycles. The molecule has 0 unspecified atom stereocenters. The summed E-state index contributed by atoms with van der Waals surface area (Å²) in [5.41, 5.74) is -0.833. The minimum atomic E-state index is -4.50. The summed E-state index contributed by atoms with van der Waals surface area (Å²) in [5, 5.41) is 11.6. The number of alkyl halides is 3. The lowest BCUT2D eigenvalue weighted by Crippen LogP contribution is -2.09. The summed E-state index contributed by atoms with van der Waals surface area (Å²) in [6, 6.07) is 5.26. The molecule has 1 aromatic carbocycles. The van der Waals surface area contributed by atoms with Crippen LogP contribution in [-0.2, 0) is 6.18 Å². The maximum Gasteiger partial charge on any atom is 0.417 e. The molecule has 0 bridgehead atoms. The maximum absolute atomic E-state index is 12.7. The van der Waals surface area contributed by atoms with Gasteiger partial charge in [-0.05, 0) is 43.0 Å². The van der Waals surface area contributed by atoms with Gasteiger partial charge < -0.3 is 5.32 Å². The van der Waals surface area contributed by atoms with Crippen LogP contribution in [0.2, 0.25) is 0 Å². The van der Waals surface area contributed by atoms with Crippen LogP contribution in [0.5, 0.6) is 0 Å². The van der Waals surface area contributed by atoms with E-state index in [1.807, 2.05) is 6.26 Å². The van der Waals surface area contributed by atoms with Crippen LogP contribution in [0.4, 0.5) is 18.9 Å². The molecular formula is C13H15F3N2S. The third-order valence-corrected chi connectivity index (χ3v) is 3.25. The monoisotopic (exact) mass is 288 g/mol. The minimum absolute atomic E-state index is 0.347. The Bertz CT molecular complexity index is 452. The second kappa shape index (κ2) is 7.29. The number of nitrogens with one attached hydrogen (secondary N) is 1. The van der Waals surface area contributed by atoms with Gasteiger partial charge in [0.1, 0.15) is 0 Å². The third-order valence-electron chi connectivity index (χ3n) is 2.55. The number of nitrogens with zero attached hydrogens (tertiary/aromatic N) is 1. The van der Waals surface area contributed by atoms with Crippen molar-refractivity contribution in [2.45, 2.75) is 19.0 Å².